The second kappa shape index (κ2) is 11.6. The van der Waals surface area contributed by atoms with Crippen molar-refractivity contribution in [2.75, 3.05) is 45.9 Å². The average molecular weight is 500 g/mol. The van der Waals surface area contributed by atoms with Gasteiger partial charge in [-0.2, -0.15) is 0 Å². The molecular weight excluding hydrogens is 467 g/mol. The third kappa shape index (κ3) is 6.63. The molecule has 1 saturated heterocycles. The lowest BCUT2D eigenvalue weighted by molar-refractivity contribution is 0.114. The van der Waals surface area contributed by atoms with Gasteiger partial charge in [-0.25, -0.2) is 0 Å². The van der Waals surface area contributed by atoms with Gasteiger partial charge in [-0.3, -0.25) is 9.89 Å². The van der Waals surface area contributed by atoms with E-state index in [4.69, 9.17) is 4.74 Å². The van der Waals surface area contributed by atoms with E-state index >= 15 is 0 Å². The molecule has 6 nitrogen and oxygen atoms in total. The molecule has 2 aliphatic rings. The van der Waals surface area contributed by atoms with Crippen molar-refractivity contribution in [1.29, 1.82) is 0 Å². The Hall–Kier alpha value is -1.32. The standard InChI is InChI=1S/C21H32N4O2.HI/c1-3-22-21(25-12-9-18(15-25)24-10-4-5-11-24)23-14-19(26)16-27-20-8-6-7-17(2)13-20;/h4-8,13,18-19,26H,3,9-12,14-16H2,1-2H3,(H,22,23);1H. The summed E-state index contributed by atoms with van der Waals surface area (Å²) in [6, 6.07) is 8.44. The Kier molecular flexibility index (Phi) is 9.53. The van der Waals surface area contributed by atoms with Crippen molar-refractivity contribution >= 4 is 29.9 Å². The van der Waals surface area contributed by atoms with Gasteiger partial charge in [0, 0.05) is 38.8 Å². The number of halogens is 1. The molecule has 1 aromatic rings. The fourth-order valence-electron chi connectivity index (χ4n) is 3.59. The fourth-order valence-corrected chi connectivity index (χ4v) is 3.59. The van der Waals surface area contributed by atoms with Crippen LogP contribution in [-0.4, -0.2) is 78.9 Å². The first-order chi connectivity index (χ1) is 13.2. The largest absolute Gasteiger partial charge is 0.491 e. The van der Waals surface area contributed by atoms with E-state index in [9.17, 15) is 5.11 Å². The lowest BCUT2D eigenvalue weighted by Crippen LogP contribution is -2.43. The Morgan fingerprint density at radius 3 is 2.86 bits per heavy atom. The summed E-state index contributed by atoms with van der Waals surface area (Å²) < 4.78 is 5.68. The molecule has 28 heavy (non-hydrogen) atoms. The highest BCUT2D eigenvalue weighted by Crippen LogP contribution is 2.18. The topological polar surface area (TPSA) is 60.3 Å². The lowest BCUT2D eigenvalue weighted by atomic mass is 10.2. The molecule has 2 aliphatic heterocycles. The molecule has 7 heteroatoms. The van der Waals surface area contributed by atoms with Crippen LogP contribution < -0.4 is 10.1 Å². The molecule has 0 spiro atoms. The summed E-state index contributed by atoms with van der Waals surface area (Å²) >= 11 is 0. The Morgan fingerprint density at radius 1 is 1.36 bits per heavy atom. The number of rotatable bonds is 7. The highest BCUT2D eigenvalue weighted by Gasteiger charge is 2.29. The van der Waals surface area contributed by atoms with E-state index in [1.165, 1.54) is 0 Å². The lowest BCUT2D eigenvalue weighted by Gasteiger charge is -2.25. The summed E-state index contributed by atoms with van der Waals surface area (Å²) in [5.41, 5.74) is 1.14. The second-order valence-corrected chi connectivity index (χ2v) is 7.29. The minimum absolute atomic E-state index is 0. The van der Waals surface area contributed by atoms with Crippen molar-refractivity contribution in [2.24, 2.45) is 4.99 Å². The number of likely N-dealkylation sites (tertiary alicyclic amines) is 1. The molecule has 0 radical (unpaired) electrons. The van der Waals surface area contributed by atoms with Crippen molar-refractivity contribution in [3.8, 4) is 5.75 Å². The maximum absolute atomic E-state index is 10.3. The zero-order valence-corrected chi connectivity index (χ0v) is 19.2. The summed E-state index contributed by atoms with van der Waals surface area (Å²) in [6.07, 6.45) is 5.02. The number of nitrogens with zero attached hydrogens (tertiary/aromatic N) is 3. The van der Waals surface area contributed by atoms with Gasteiger partial charge in [0.15, 0.2) is 5.96 Å². The molecule has 1 fully saturated rings. The van der Waals surface area contributed by atoms with E-state index in [-0.39, 0.29) is 30.6 Å². The maximum atomic E-state index is 10.3. The first kappa shape index (κ1) is 23.0. The first-order valence-electron chi connectivity index (χ1n) is 9.95. The van der Waals surface area contributed by atoms with Crippen LogP contribution in [0.2, 0.25) is 0 Å². The number of hydrogen-bond acceptors (Lipinski definition) is 4. The van der Waals surface area contributed by atoms with Gasteiger partial charge in [-0.15, -0.1) is 24.0 Å². The van der Waals surface area contributed by atoms with Crippen LogP contribution >= 0.6 is 24.0 Å². The SMILES string of the molecule is CCNC(=NCC(O)COc1cccc(C)c1)N1CCC(N2CC=CC2)C1.I. The van der Waals surface area contributed by atoms with Crippen LogP contribution in [0.3, 0.4) is 0 Å². The minimum atomic E-state index is -0.625. The van der Waals surface area contributed by atoms with Crippen LogP contribution in [0.5, 0.6) is 5.75 Å². The Labute approximate surface area is 185 Å². The number of aliphatic hydroxyl groups is 1. The normalized spacial score (nSPS) is 20.9. The minimum Gasteiger partial charge on any atom is -0.491 e. The van der Waals surface area contributed by atoms with E-state index < -0.39 is 6.10 Å². The molecule has 0 amide bonds. The number of aliphatic hydroxyl groups excluding tert-OH is 1. The van der Waals surface area contributed by atoms with E-state index in [0.29, 0.717) is 12.6 Å². The molecule has 156 valence electrons. The smallest absolute Gasteiger partial charge is 0.194 e. The highest BCUT2D eigenvalue weighted by atomic mass is 127. The molecule has 0 aliphatic carbocycles. The van der Waals surface area contributed by atoms with Crippen LogP contribution in [-0.2, 0) is 0 Å². The fraction of sp³-hybridized carbons (Fsp3) is 0.571. The number of ether oxygens (including phenoxy) is 1. The summed E-state index contributed by atoms with van der Waals surface area (Å²) in [6.45, 7) is 9.60. The number of aryl methyl sites for hydroxylation is 1. The van der Waals surface area contributed by atoms with Crippen molar-refractivity contribution in [3.63, 3.8) is 0 Å². The van der Waals surface area contributed by atoms with E-state index in [1.807, 2.05) is 31.2 Å². The summed E-state index contributed by atoms with van der Waals surface area (Å²) in [5.74, 6) is 1.67. The number of guanidine groups is 1. The van der Waals surface area contributed by atoms with Crippen molar-refractivity contribution < 1.29 is 9.84 Å². The van der Waals surface area contributed by atoms with Crippen LogP contribution in [0.25, 0.3) is 0 Å². The van der Waals surface area contributed by atoms with Crippen molar-refractivity contribution in [2.45, 2.75) is 32.4 Å². The number of hydrogen-bond donors (Lipinski definition) is 2. The van der Waals surface area contributed by atoms with Crippen LogP contribution in [0.4, 0.5) is 0 Å². The quantitative estimate of drug-likeness (QED) is 0.261. The van der Waals surface area contributed by atoms with Gasteiger partial charge < -0.3 is 20.1 Å². The molecule has 2 N–H and O–H groups in total. The Balaban J connectivity index is 0.00000280. The highest BCUT2D eigenvalue weighted by molar-refractivity contribution is 14.0. The molecular formula is C21H33IN4O2. The van der Waals surface area contributed by atoms with Gasteiger partial charge in [-0.05, 0) is 38.0 Å². The van der Waals surface area contributed by atoms with E-state index in [0.717, 1.165) is 56.4 Å². The van der Waals surface area contributed by atoms with Gasteiger partial charge in [0.05, 0.1) is 6.54 Å². The number of aliphatic imine (C=N–C) groups is 1. The third-order valence-corrected chi connectivity index (χ3v) is 5.04. The van der Waals surface area contributed by atoms with Crippen LogP contribution in [0.1, 0.15) is 18.9 Å². The number of benzene rings is 1. The predicted molar refractivity (Wildman–Crippen MR) is 125 cm³/mol. The van der Waals surface area contributed by atoms with Gasteiger partial charge >= 0.3 is 0 Å². The van der Waals surface area contributed by atoms with Crippen molar-refractivity contribution in [3.05, 3.63) is 42.0 Å². The monoisotopic (exact) mass is 500 g/mol. The van der Waals surface area contributed by atoms with Crippen LogP contribution in [0.15, 0.2) is 41.4 Å². The molecule has 2 atom stereocenters. The summed E-state index contributed by atoms with van der Waals surface area (Å²) in [4.78, 5) is 9.47. The Morgan fingerprint density at radius 2 is 2.14 bits per heavy atom. The summed E-state index contributed by atoms with van der Waals surface area (Å²) in [7, 11) is 0. The number of nitrogens with one attached hydrogen (secondary N) is 1. The predicted octanol–water partition coefficient (Wildman–Crippen LogP) is 2.26. The zero-order chi connectivity index (χ0) is 19.1. The molecule has 2 unspecified atom stereocenters. The van der Waals surface area contributed by atoms with E-state index in [1.54, 1.807) is 0 Å². The molecule has 1 aromatic carbocycles. The third-order valence-electron chi connectivity index (χ3n) is 5.04. The first-order valence-corrected chi connectivity index (χ1v) is 9.95. The molecule has 0 aromatic heterocycles. The molecule has 0 bridgehead atoms. The van der Waals surface area contributed by atoms with Gasteiger partial charge in [0.2, 0.25) is 0 Å². The summed E-state index contributed by atoms with van der Waals surface area (Å²) in [5, 5.41) is 13.6. The molecule has 3 rings (SSSR count). The average Bonchev–Trinajstić information content (AvgIpc) is 3.35. The zero-order valence-electron chi connectivity index (χ0n) is 16.9. The maximum Gasteiger partial charge on any atom is 0.194 e. The van der Waals surface area contributed by atoms with E-state index in [2.05, 4.69) is 39.2 Å². The van der Waals surface area contributed by atoms with Gasteiger partial charge in [-0.1, -0.05) is 24.3 Å². The second-order valence-electron chi connectivity index (χ2n) is 7.29. The van der Waals surface area contributed by atoms with Crippen LogP contribution in [0, 0.1) is 6.92 Å². The molecule has 0 saturated carbocycles. The van der Waals surface area contributed by atoms with Gasteiger partial charge in [0.25, 0.3) is 0 Å². The molecule has 2 heterocycles. The van der Waals surface area contributed by atoms with Gasteiger partial charge in [0.1, 0.15) is 18.5 Å². The van der Waals surface area contributed by atoms with Crippen molar-refractivity contribution in [1.82, 2.24) is 15.1 Å². The Bertz CT molecular complexity index is 660.